The van der Waals surface area contributed by atoms with Crippen LogP contribution >= 0.6 is 0 Å². The van der Waals surface area contributed by atoms with Crippen molar-refractivity contribution < 1.29 is 18.4 Å². The van der Waals surface area contributed by atoms with Crippen molar-refractivity contribution in [2.45, 2.75) is 26.3 Å². The van der Waals surface area contributed by atoms with Gasteiger partial charge in [-0.3, -0.25) is 4.79 Å². The van der Waals surface area contributed by atoms with E-state index in [1.807, 2.05) is 13.8 Å². The molecule has 0 aliphatic rings. The van der Waals surface area contributed by atoms with Gasteiger partial charge in [0, 0.05) is 11.6 Å². The third-order valence-corrected chi connectivity index (χ3v) is 3.72. The van der Waals surface area contributed by atoms with Crippen LogP contribution in [0.15, 0.2) is 35.1 Å². The minimum absolute atomic E-state index is 0.0619. The van der Waals surface area contributed by atoms with Crippen molar-refractivity contribution in [1.29, 1.82) is 0 Å². The molecule has 3 aromatic rings. The van der Waals surface area contributed by atoms with Gasteiger partial charge in [-0.2, -0.15) is 4.98 Å². The van der Waals surface area contributed by atoms with Crippen LogP contribution in [0.4, 0.5) is 4.39 Å². The van der Waals surface area contributed by atoms with Gasteiger partial charge in [-0.1, -0.05) is 12.1 Å². The minimum Gasteiger partial charge on any atom is -0.467 e. The molecule has 0 aliphatic carbocycles. The fourth-order valence-corrected chi connectivity index (χ4v) is 2.23. The number of fused-ring (bicyclic) bond motifs is 1. The van der Waals surface area contributed by atoms with E-state index in [0.717, 1.165) is 6.42 Å². The number of rotatable bonds is 6. The average Bonchev–Trinajstić information content (AvgIpc) is 3.05. The summed E-state index contributed by atoms with van der Waals surface area (Å²) < 4.78 is 23.8. The Morgan fingerprint density at radius 3 is 2.80 bits per heavy atom. The first-order valence-corrected chi connectivity index (χ1v) is 7.87. The van der Waals surface area contributed by atoms with E-state index >= 15 is 0 Å². The van der Waals surface area contributed by atoms with E-state index in [9.17, 15) is 9.18 Å². The van der Waals surface area contributed by atoms with Gasteiger partial charge in [-0.15, -0.1) is 0 Å². The molecule has 1 atom stereocenters. The Balaban J connectivity index is 1.87. The fourth-order valence-electron chi connectivity index (χ4n) is 2.23. The summed E-state index contributed by atoms with van der Waals surface area (Å²) in [4.78, 5) is 20.0. The Bertz CT molecular complexity index is 879. The molecule has 0 fully saturated rings. The molecule has 0 saturated heterocycles. The maximum absolute atomic E-state index is 13.1. The summed E-state index contributed by atoms with van der Waals surface area (Å²) in [7, 11) is 0. The molecular formula is C17H17FN4O3. The molecule has 1 aromatic carbocycles. The topological polar surface area (TPSA) is 90.1 Å². The van der Waals surface area contributed by atoms with E-state index in [2.05, 4.69) is 20.4 Å². The zero-order valence-corrected chi connectivity index (χ0v) is 13.8. The summed E-state index contributed by atoms with van der Waals surface area (Å²) in [5, 5.41) is 7.21. The van der Waals surface area contributed by atoms with Crippen molar-refractivity contribution in [3.63, 3.8) is 0 Å². The Kier molecular flexibility index (Phi) is 4.87. The SMILES string of the molecule is CC[C@@H](C)NC(=O)COc1ncnc2onc(-c3ccc(F)cc3)c12. The fraction of sp³-hybridized carbons (Fsp3) is 0.294. The normalized spacial score (nSPS) is 12.1. The van der Waals surface area contributed by atoms with Gasteiger partial charge in [-0.25, -0.2) is 9.37 Å². The first-order valence-electron chi connectivity index (χ1n) is 7.87. The van der Waals surface area contributed by atoms with Gasteiger partial charge in [0.05, 0.1) is 0 Å². The van der Waals surface area contributed by atoms with Crippen molar-refractivity contribution in [1.82, 2.24) is 20.4 Å². The number of carbonyl (C=O) groups excluding carboxylic acids is 1. The summed E-state index contributed by atoms with van der Waals surface area (Å²) in [6, 6.07) is 5.84. The van der Waals surface area contributed by atoms with Crippen LogP contribution in [0.3, 0.4) is 0 Å². The first-order chi connectivity index (χ1) is 12.1. The number of hydrogen-bond acceptors (Lipinski definition) is 6. The highest BCUT2D eigenvalue weighted by Crippen LogP contribution is 2.32. The van der Waals surface area contributed by atoms with Crippen molar-refractivity contribution in [2.75, 3.05) is 6.61 Å². The highest BCUT2D eigenvalue weighted by molar-refractivity contribution is 5.93. The van der Waals surface area contributed by atoms with Crippen LogP contribution in [0.2, 0.25) is 0 Å². The molecule has 0 bridgehead atoms. The summed E-state index contributed by atoms with van der Waals surface area (Å²) >= 11 is 0. The molecule has 0 aliphatic heterocycles. The Labute approximate surface area is 143 Å². The number of aromatic nitrogens is 3. The van der Waals surface area contributed by atoms with E-state index < -0.39 is 0 Å². The van der Waals surface area contributed by atoms with Crippen LogP contribution in [0, 0.1) is 5.82 Å². The van der Waals surface area contributed by atoms with E-state index in [4.69, 9.17) is 9.26 Å². The average molecular weight is 344 g/mol. The second-order valence-corrected chi connectivity index (χ2v) is 5.56. The van der Waals surface area contributed by atoms with E-state index in [1.54, 1.807) is 12.1 Å². The Morgan fingerprint density at radius 2 is 2.08 bits per heavy atom. The van der Waals surface area contributed by atoms with E-state index in [1.165, 1.54) is 18.5 Å². The van der Waals surface area contributed by atoms with Crippen molar-refractivity contribution in [2.24, 2.45) is 0 Å². The van der Waals surface area contributed by atoms with Gasteiger partial charge < -0.3 is 14.6 Å². The summed E-state index contributed by atoms with van der Waals surface area (Å²) in [5.41, 5.74) is 1.28. The van der Waals surface area contributed by atoms with Crippen molar-refractivity contribution in [3.8, 4) is 17.1 Å². The van der Waals surface area contributed by atoms with Gasteiger partial charge >= 0.3 is 0 Å². The van der Waals surface area contributed by atoms with Gasteiger partial charge in [0.2, 0.25) is 5.88 Å². The Morgan fingerprint density at radius 1 is 1.32 bits per heavy atom. The lowest BCUT2D eigenvalue weighted by Crippen LogP contribution is -2.35. The number of halogens is 1. The molecule has 1 amide bonds. The molecular weight excluding hydrogens is 327 g/mol. The number of amides is 1. The molecule has 0 radical (unpaired) electrons. The summed E-state index contributed by atoms with van der Waals surface area (Å²) in [5.74, 6) is -0.420. The molecule has 2 heterocycles. The quantitative estimate of drug-likeness (QED) is 0.739. The minimum atomic E-state index is -0.356. The molecule has 0 saturated carbocycles. The van der Waals surface area contributed by atoms with Crippen molar-refractivity contribution in [3.05, 3.63) is 36.4 Å². The van der Waals surface area contributed by atoms with Gasteiger partial charge in [0.25, 0.3) is 11.6 Å². The van der Waals surface area contributed by atoms with Crippen LogP contribution in [-0.4, -0.2) is 33.7 Å². The van der Waals surface area contributed by atoms with Crippen LogP contribution in [0.1, 0.15) is 20.3 Å². The van der Waals surface area contributed by atoms with Crippen LogP contribution in [0.25, 0.3) is 22.4 Å². The zero-order valence-electron chi connectivity index (χ0n) is 13.8. The van der Waals surface area contributed by atoms with Gasteiger partial charge in [0.1, 0.15) is 23.2 Å². The molecule has 1 N–H and O–H groups in total. The van der Waals surface area contributed by atoms with Gasteiger partial charge in [-0.05, 0) is 37.6 Å². The summed E-state index contributed by atoms with van der Waals surface area (Å²) in [6.07, 6.45) is 2.09. The molecule has 3 rings (SSSR count). The van der Waals surface area contributed by atoms with Crippen LogP contribution in [-0.2, 0) is 4.79 Å². The highest BCUT2D eigenvalue weighted by atomic mass is 19.1. The predicted octanol–water partition coefficient (Wildman–Crippen LogP) is 2.72. The number of carbonyl (C=O) groups is 1. The number of hydrogen-bond donors (Lipinski definition) is 1. The number of ether oxygens (including phenoxy) is 1. The lowest BCUT2D eigenvalue weighted by Gasteiger charge is -2.11. The van der Waals surface area contributed by atoms with Crippen molar-refractivity contribution >= 4 is 17.0 Å². The maximum Gasteiger partial charge on any atom is 0.265 e. The van der Waals surface area contributed by atoms with Crippen LogP contribution < -0.4 is 10.1 Å². The standard InChI is InChI=1S/C17H17FN4O3/c1-3-10(2)21-13(23)8-24-16-14-15(11-4-6-12(18)7-5-11)22-25-17(14)20-9-19-16/h4-7,9-10H,3,8H2,1-2H3,(H,21,23)/t10-/m1/s1. The lowest BCUT2D eigenvalue weighted by atomic mass is 10.1. The smallest absolute Gasteiger partial charge is 0.265 e. The molecule has 8 heteroatoms. The third kappa shape index (κ3) is 3.73. The second-order valence-electron chi connectivity index (χ2n) is 5.56. The molecule has 130 valence electrons. The number of benzene rings is 1. The molecule has 2 aromatic heterocycles. The van der Waals surface area contributed by atoms with Crippen LogP contribution in [0.5, 0.6) is 5.88 Å². The number of nitrogens with zero attached hydrogens (tertiary/aromatic N) is 3. The summed E-state index contributed by atoms with van der Waals surface area (Å²) in [6.45, 7) is 3.70. The largest absolute Gasteiger partial charge is 0.467 e. The molecule has 0 spiro atoms. The lowest BCUT2D eigenvalue weighted by molar-refractivity contribution is -0.123. The monoisotopic (exact) mass is 344 g/mol. The molecule has 7 nitrogen and oxygen atoms in total. The predicted molar refractivity (Wildman–Crippen MR) is 88.4 cm³/mol. The molecule has 25 heavy (non-hydrogen) atoms. The second kappa shape index (κ2) is 7.25. The Hall–Kier alpha value is -3.03. The molecule has 0 unspecified atom stereocenters. The van der Waals surface area contributed by atoms with E-state index in [-0.39, 0.29) is 36.0 Å². The van der Waals surface area contributed by atoms with E-state index in [0.29, 0.717) is 16.6 Å². The third-order valence-electron chi connectivity index (χ3n) is 3.72. The first kappa shape index (κ1) is 16.8. The number of nitrogens with one attached hydrogen (secondary N) is 1. The van der Waals surface area contributed by atoms with Gasteiger partial charge in [0.15, 0.2) is 6.61 Å². The zero-order chi connectivity index (χ0) is 17.8. The maximum atomic E-state index is 13.1. The highest BCUT2D eigenvalue weighted by Gasteiger charge is 2.19.